The molecule has 1 aromatic carbocycles. The van der Waals surface area contributed by atoms with Crippen LogP contribution in [0.4, 0.5) is 18.9 Å². The molecule has 0 unspecified atom stereocenters. The number of halogens is 3. The van der Waals surface area contributed by atoms with Crippen molar-refractivity contribution in [3.8, 4) is 0 Å². The Morgan fingerprint density at radius 3 is 2.10 bits per heavy atom. The quantitative estimate of drug-likeness (QED) is 0.633. The first-order valence-electron chi connectivity index (χ1n) is 5.68. The highest BCUT2D eigenvalue weighted by atomic mass is 19.4. The Kier molecular flexibility index (Phi) is 5.45. The molecule has 0 atom stereocenters. The third kappa shape index (κ3) is 4.90. The predicted molar refractivity (Wildman–Crippen MR) is 67.2 cm³/mol. The van der Waals surface area contributed by atoms with Crippen LogP contribution < -0.4 is 0 Å². The zero-order valence-corrected chi connectivity index (χ0v) is 11.2. The van der Waals surface area contributed by atoms with Crippen LogP contribution >= 0.6 is 0 Å². The Bertz CT molecular complexity index is 550. The average Bonchev–Trinajstić information content (AvgIpc) is 2.45. The number of carbonyl (C=O) groups is 2. The molecule has 0 fully saturated rings. The van der Waals surface area contributed by atoms with E-state index in [2.05, 4.69) is 14.5 Å². The zero-order chi connectivity index (χ0) is 16.0. The summed E-state index contributed by atoms with van der Waals surface area (Å²) < 4.78 is 46.1. The number of hydrogen-bond donors (Lipinski definition) is 0. The van der Waals surface area contributed by atoms with Gasteiger partial charge in [-0.2, -0.15) is 13.2 Å². The molecule has 0 aliphatic heterocycles. The first-order chi connectivity index (χ1) is 9.77. The van der Waals surface area contributed by atoms with Gasteiger partial charge in [0.25, 0.3) is 0 Å². The van der Waals surface area contributed by atoms with E-state index in [-0.39, 0.29) is 11.4 Å². The van der Waals surface area contributed by atoms with E-state index in [1.165, 1.54) is 0 Å². The molecule has 0 saturated carbocycles. The van der Waals surface area contributed by atoms with Crippen LogP contribution in [0.2, 0.25) is 0 Å². The lowest BCUT2D eigenvalue weighted by Gasteiger charge is -2.07. The molecule has 0 spiro atoms. The number of hydrogen-bond acceptors (Lipinski definition) is 5. The van der Waals surface area contributed by atoms with Gasteiger partial charge in [-0.1, -0.05) is 0 Å². The van der Waals surface area contributed by atoms with Gasteiger partial charge in [0.15, 0.2) is 0 Å². The Balaban J connectivity index is 3.04. The molecular formula is C13H12F3NO4. The summed E-state index contributed by atoms with van der Waals surface area (Å²) >= 11 is 0. The molecule has 0 radical (unpaired) electrons. The fourth-order valence-corrected chi connectivity index (χ4v) is 1.36. The summed E-state index contributed by atoms with van der Waals surface area (Å²) in [6.45, 7) is 0. The summed E-state index contributed by atoms with van der Waals surface area (Å²) in [5, 5.41) is 0. The molecule has 1 rings (SSSR count). The summed E-state index contributed by atoms with van der Waals surface area (Å²) in [4.78, 5) is 26.4. The topological polar surface area (TPSA) is 65.0 Å². The first kappa shape index (κ1) is 16.7. The normalized spacial score (nSPS) is 12.0. The summed E-state index contributed by atoms with van der Waals surface area (Å²) in [7, 11) is 2.23. The van der Waals surface area contributed by atoms with Gasteiger partial charge in [-0.25, -0.2) is 9.79 Å². The highest BCUT2D eigenvalue weighted by Crippen LogP contribution is 2.30. The van der Waals surface area contributed by atoms with Gasteiger partial charge in [0, 0.05) is 0 Å². The lowest BCUT2D eigenvalue weighted by atomic mass is 10.2. The van der Waals surface area contributed by atoms with Crippen molar-refractivity contribution in [3.63, 3.8) is 0 Å². The molecule has 114 valence electrons. The summed E-state index contributed by atoms with van der Waals surface area (Å²) in [6, 6.07) is 3.82. The van der Waals surface area contributed by atoms with E-state index < -0.39 is 30.1 Å². The molecular weight excluding hydrogens is 291 g/mol. The van der Waals surface area contributed by atoms with E-state index >= 15 is 0 Å². The highest BCUT2D eigenvalue weighted by Gasteiger charge is 2.30. The van der Waals surface area contributed by atoms with Crippen LogP contribution in [0.5, 0.6) is 0 Å². The van der Waals surface area contributed by atoms with Gasteiger partial charge in [-0.3, -0.25) is 4.79 Å². The average molecular weight is 303 g/mol. The molecule has 8 heteroatoms. The second-order valence-corrected chi connectivity index (χ2v) is 3.85. The largest absolute Gasteiger partial charge is 0.469 e. The van der Waals surface area contributed by atoms with Gasteiger partial charge in [-0.05, 0) is 24.3 Å². The van der Waals surface area contributed by atoms with Crippen LogP contribution in [0.25, 0.3) is 0 Å². The molecule has 0 bridgehead atoms. The number of nitrogens with zero attached hydrogens (tertiary/aromatic N) is 1. The van der Waals surface area contributed by atoms with E-state index in [4.69, 9.17) is 0 Å². The van der Waals surface area contributed by atoms with Gasteiger partial charge in [0.2, 0.25) is 0 Å². The van der Waals surface area contributed by atoms with Gasteiger partial charge in [0.1, 0.15) is 5.71 Å². The van der Waals surface area contributed by atoms with E-state index in [0.29, 0.717) is 0 Å². The Hall–Kier alpha value is -2.38. The SMILES string of the molecule is COC(=O)CC(=Nc1ccc(C(F)(F)F)cc1)C(=O)OC. The number of benzene rings is 1. The molecule has 5 nitrogen and oxygen atoms in total. The molecule has 0 saturated heterocycles. The monoisotopic (exact) mass is 303 g/mol. The van der Waals surface area contributed by atoms with E-state index in [0.717, 1.165) is 38.5 Å². The molecule has 1 aromatic rings. The lowest BCUT2D eigenvalue weighted by molar-refractivity contribution is -0.140. The maximum absolute atomic E-state index is 12.4. The van der Waals surface area contributed by atoms with Crippen molar-refractivity contribution in [1.82, 2.24) is 0 Å². The Morgan fingerprint density at radius 1 is 1.10 bits per heavy atom. The number of ether oxygens (including phenoxy) is 2. The molecule has 0 heterocycles. The fourth-order valence-electron chi connectivity index (χ4n) is 1.36. The number of methoxy groups -OCH3 is 2. The zero-order valence-electron chi connectivity index (χ0n) is 11.2. The van der Waals surface area contributed by atoms with Crippen molar-refractivity contribution in [2.24, 2.45) is 4.99 Å². The van der Waals surface area contributed by atoms with E-state index in [1.807, 2.05) is 0 Å². The first-order valence-corrected chi connectivity index (χ1v) is 5.68. The van der Waals surface area contributed by atoms with E-state index in [9.17, 15) is 22.8 Å². The van der Waals surface area contributed by atoms with Crippen molar-refractivity contribution in [1.29, 1.82) is 0 Å². The predicted octanol–water partition coefficient (Wildman–Crippen LogP) is 2.51. The van der Waals surface area contributed by atoms with Crippen LogP contribution in [-0.4, -0.2) is 31.9 Å². The van der Waals surface area contributed by atoms with Crippen molar-refractivity contribution < 1.29 is 32.2 Å². The second kappa shape index (κ2) is 6.87. The Morgan fingerprint density at radius 2 is 1.67 bits per heavy atom. The van der Waals surface area contributed by atoms with Crippen molar-refractivity contribution >= 4 is 23.3 Å². The minimum absolute atomic E-state index is 0.0901. The molecule has 0 aliphatic rings. The maximum Gasteiger partial charge on any atom is 0.416 e. The van der Waals surface area contributed by atoms with Gasteiger partial charge in [0.05, 0.1) is 31.9 Å². The maximum atomic E-state index is 12.4. The number of carbonyl (C=O) groups excluding carboxylic acids is 2. The van der Waals surface area contributed by atoms with Gasteiger partial charge < -0.3 is 9.47 Å². The van der Waals surface area contributed by atoms with E-state index in [1.54, 1.807) is 0 Å². The number of esters is 2. The van der Waals surface area contributed by atoms with Crippen LogP contribution in [0.15, 0.2) is 29.3 Å². The van der Waals surface area contributed by atoms with Crippen LogP contribution in [-0.2, 0) is 25.2 Å². The van der Waals surface area contributed by atoms with Crippen molar-refractivity contribution in [2.45, 2.75) is 12.6 Å². The van der Waals surface area contributed by atoms with Gasteiger partial charge >= 0.3 is 18.1 Å². The van der Waals surface area contributed by atoms with Crippen LogP contribution in [0.1, 0.15) is 12.0 Å². The lowest BCUT2D eigenvalue weighted by Crippen LogP contribution is -2.20. The Labute approximate surface area is 118 Å². The standard InChI is InChI=1S/C13H12F3NO4/c1-20-11(18)7-10(12(19)21-2)17-9-5-3-8(4-6-9)13(14,15)16/h3-6H,7H2,1-2H3. The van der Waals surface area contributed by atoms with Crippen LogP contribution in [0, 0.1) is 0 Å². The third-order valence-electron chi connectivity index (χ3n) is 2.42. The minimum atomic E-state index is -4.46. The molecule has 0 aliphatic carbocycles. The third-order valence-corrected chi connectivity index (χ3v) is 2.42. The highest BCUT2D eigenvalue weighted by molar-refractivity contribution is 6.39. The summed E-state index contributed by atoms with van der Waals surface area (Å²) in [5.74, 6) is -1.58. The smallest absolute Gasteiger partial charge is 0.416 e. The van der Waals surface area contributed by atoms with Crippen LogP contribution in [0.3, 0.4) is 0 Å². The van der Waals surface area contributed by atoms with Gasteiger partial charge in [-0.15, -0.1) is 0 Å². The summed E-state index contributed by atoms with van der Waals surface area (Å²) in [5.41, 5.74) is -1.01. The van der Waals surface area contributed by atoms with Crippen molar-refractivity contribution in [3.05, 3.63) is 29.8 Å². The number of aliphatic imine (C=N–C) groups is 1. The molecule has 0 N–H and O–H groups in total. The fraction of sp³-hybridized carbons (Fsp3) is 0.308. The molecule has 0 amide bonds. The van der Waals surface area contributed by atoms with Crippen molar-refractivity contribution in [2.75, 3.05) is 14.2 Å². The minimum Gasteiger partial charge on any atom is -0.469 e. The number of alkyl halides is 3. The molecule has 0 aromatic heterocycles. The second-order valence-electron chi connectivity index (χ2n) is 3.85. The molecule has 21 heavy (non-hydrogen) atoms. The number of rotatable bonds is 4. The summed E-state index contributed by atoms with van der Waals surface area (Å²) in [6.07, 6.45) is -4.90.